The number of aryl methyl sites for hydroxylation is 1. The molecular weight excluding hydrogens is 258 g/mol. The molecule has 6 heteroatoms. The van der Waals surface area contributed by atoms with Gasteiger partial charge in [0, 0.05) is 25.4 Å². The Labute approximate surface area is 119 Å². The van der Waals surface area contributed by atoms with Gasteiger partial charge in [-0.15, -0.1) is 0 Å². The number of hydrogen-bond donors (Lipinski definition) is 1. The van der Waals surface area contributed by atoms with Crippen molar-refractivity contribution in [3.63, 3.8) is 0 Å². The third-order valence-electron chi connectivity index (χ3n) is 2.88. The molecule has 0 aliphatic carbocycles. The SMILES string of the molecule is CC(=O)N(CCN)C(=O)Cc1oc(C(C)(C)C)nc1C. The molecule has 0 spiro atoms. The smallest absolute Gasteiger partial charge is 0.236 e. The van der Waals surface area contributed by atoms with E-state index in [-0.39, 0.29) is 36.7 Å². The van der Waals surface area contributed by atoms with E-state index in [9.17, 15) is 9.59 Å². The van der Waals surface area contributed by atoms with Gasteiger partial charge in [-0.2, -0.15) is 0 Å². The Bertz CT molecular complexity index is 500. The van der Waals surface area contributed by atoms with Crippen molar-refractivity contribution in [2.45, 2.75) is 46.5 Å². The van der Waals surface area contributed by atoms with Crippen molar-refractivity contribution in [1.29, 1.82) is 0 Å². The molecule has 6 nitrogen and oxygen atoms in total. The number of rotatable bonds is 4. The number of nitrogens with zero attached hydrogens (tertiary/aromatic N) is 2. The van der Waals surface area contributed by atoms with E-state index in [2.05, 4.69) is 4.98 Å². The second kappa shape index (κ2) is 6.17. The predicted octanol–water partition coefficient (Wildman–Crippen LogP) is 1.16. The van der Waals surface area contributed by atoms with Crippen LogP contribution < -0.4 is 5.73 Å². The number of oxazole rings is 1. The topological polar surface area (TPSA) is 89.4 Å². The van der Waals surface area contributed by atoms with Gasteiger partial charge in [-0.05, 0) is 6.92 Å². The lowest BCUT2D eigenvalue weighted by atomic mass is 9.97. The summed E-state index contributed by atoms with van der Waals surface area (Å²) in [5.41, 5.74) is 5.87. The van der Waals surface area contributed by atoms with Crippen LogP contribution in [0.4, 0.5) is 0 Å². The number of aromatic nitrogens is 1. The molecule has 0 fully saturated rings. The molecule has 1 aromatic heterocycles. The molecule has 1 rings (SSSR count). The Hall–Kier alpha value is -1.69. The van der Waals surface area contributed by atoms with Crippen LogP contribution in [-0.2, 0) is 21.4 Å². The van der Waals surface area contributed by atoms with Crippen LogP contribution in [0, 0.1) is 6.92 Å². The summed E-state index contributed by atoms with van der Waals surface area (Å²) in [6, 6.07) is 0. The largest absolute Gasteiger partial charge is 0.444 e. The average molecular weight is 281 g/mol. The standard InChI is InChI=1S/C14H23N3O3/c1-9-11(20-13(16-9)14(3,4)5)8-12(19)17(7-6-15)10(2)18/h6-8,15H2,1-5H3. The van der Waals surface area contributed by atoms with Crippen LogP contribution in [0.25, 0.3) is 0 Å². The highest BCUT2D eigenvalue weighted by Crippen LogP contribution is 2.24. The Morgan fingerprint density at radius 1 is 1.35 bits per heavy atom. The zero-order chi connectivity index (χ0) is 15.5. The summed E-state index contributed by atoms with van der Waals surface area (Å²) in [5, 5.41) is 0. The highest BCUT2D eigenvalue weighted by molar-refractivity contribution is 5.95. The second-order valence-corrected chi connectivity index (χ2v) is 5.81. The van der Waals surface area contributed by atoms with Crippen LogP contribution in [0.1, 0.15) is 45.0 Å². The molecule has 0 atom stereocenters. The average Bonchev–Trinajstić information content (AvgIpc) is 2.67. The molecule has 2 amide bonds. The molecule has 1 aromatic rings. The van der Waals surface area contributed by atoms with Crippen molar-refractivity contribution in [3.05, 3.63) is 17.3 Å². The fourth-order valence-electron chi connectivity index (χ4n) is 1.73. The minimum absolute atomic E-state index is 0.0223. The first-order chi connectivity index (χ1) is 9.16. The third kappa shape index (κ3) is 3.90. The monoisotopic (exact) mass is 281 g/mol. The van der Waals surface area contributed by atoms with Crippen molar-refractivity contribution in [1.82, 2.24) is 9.88 Å². The summed E-state index contributed by atoms with van der Waals surface area (Å²) in [5.74, 6) is 0.463. The Morgan fingerprint density at radius 2 is 1.95 bits per heavy atom. The molecule has 0 bridgehead atoms. The molecule has 0 saturated heterocycles. The van der Waals surface area contributed by atoms with Crippen LogP contribution in [0.2, 0.25) is 0 Å². The van der Waals surface area contributed by atoms with Crippen molar-refractivity contribution in [2.24, 2.45) is 5.73 Å². The lowest BCUT2D eigenvalue weighted by molar-refractivity contribution is -0.143. The van der Waals surface area contributed by atoms with Crippen LogP contribution in [0.15, 0.2) is 4.42 Å². The fraction of sp³-hybridized carbons (Fsp3) is 0.643. The Kier molecular flexibility index (Phi) is 5.05. The molecule has 0 unspecified atom stereocenters. The van der Waals surface area contributed by atoms with Crippen LogP contribution in [-0.4, -0.2) is 34.8 Å². The van der Waals surface area contributed by atoms with Crippen LogP contribution in [0.3, 0.4) is 0 Å². The first-order valence-corrected chi connectivity index (χ1v) is 6.64. The molecule has 112 valence electrons. The summed E-state index contributed by atoms with van der Waals surface area (Å²) in [6.07, 6.45) is 0.0223. The molecule has 0 aromatic carbocycles. The fourth-order valence-corrected chi connectivity index (χ4v) is 1.73. The maximum absolute atomic E-state index is 12.1. The summed E-state index contributed by atoms with van der Waals surface area (Å²) in [6.45, 7) is 9.56. The number of nitrogens with two attached hydrogens (primary N) is 1. The molecule has 0 saturated carbocycles. The highest BCUT2D eigenvalue weighted by atomic mass is 16.4. The van der Waals surface area contributed by atoms with Crippen molar-refractivity contribution in [2.75, 3.05) is 13.1 Å². The van der Waals surface area contributed by atoms with Crippen LogP contribution >= 0.6 is 0 Å². The number of carbonyl (C=O) groups excluding carboxylic acids is 2. The number of amides is 2. The van der Waals surface area contributed by atoms with E-state index in [1.165, 1.54) is 6.92 Å². The molecule has 20 heavy (non-hydrogen) atoms. The minimum atomic E-state index is -0.317. The third-order valence-corrected chi connectivity index (χ3v) is 2.88. The molecule has 2 N–H and O–H groups in total. The summed E-state index contributed by atoms with van der Waals surface area (Å²) >= 11 is 0. The highest BCUT2D eigenvalue weighted by Gasteiger charge is 2.25. The number of carbonyl (C=O) groups is 2. The molecule has 0 aliphatic rings. The van der Waals surface area contributed by atoms with E-state index in [0.29, 0.717) is 17.3 Å². The number of imide groups is 1. The predicted molar refractivity (Wildman–Crippen MR) is 75.1 cm³/mol. The molecular formula is C14H23N3O3. The van der Waals surface area contributed by atoms with Crippen molar-refractivity contribution < 1.29 is 14.0 Å². The first kappa shape index (κ1) is 16.4. The maximum atomic E-state index is 12.1. The quantitative estimate of drug-likeness (QED) is 0.894. The summed E-state index contributed by atoms with van der Waals surface area (Å²) < 4.78 is 5.66. The van der Waals surface area contributed by atoms with E-state index in [0.717, 1.165) is 4.90 Å². The first-order valence-electron chi connectivity index (χ1n) is 6.64. The van der Waals surface area contributed by atoms with Gasteiger partial charge >= 0.3 is 0 Å². The molecule has 1 heterocycles. The van der Waals surface area contributed by atoms with E-state index in [1.54, 1.807) is 6.92 Å². The lowest BCUT2D eigenvalue weighted by Gasteiger charge is -2.17. The lowest BCUT2D eigenvalue weighted by Crippen LogP contribution is -2.39. The Balaban J connectivity index is 2.90. The van der Waals surface area contributed by atoms with Gasteiger partial charge in [0.25, 0.3) is 0 Å². The van der Waals surface area contributed by atoms with Gasteiger partial charge in [-0.3, -0.25) is 14.5 Å². The van der Waals surface area contributed by atoms with E-state index >= 15 is 0 Å². The second-order valence-electron chi connectivity index (χ2n) is 5.81. The van der Waals surface area contributed by atoms with E-state index in [1.807, 2.05) is 20.8 Å². The summed E-state index contributed by atoms with van der Waals surface area (Å²) in [4.78, 5) is 29.0. The van der Waals surface area contributed by atoms with E-state index in [4.69, 9.17) is 10.2 Å². The van der Waals surface area contributed by atoms with Crippen LogP contribution in [0.5, 0.6) is 0 Å². The van der Waals surface area contributed by atoms with Gasteiger partial charge in [0.15, 0.2) is 5.89 Å². The van der Waals surface area contributed by atoms with Gasteiger partial charge in [-0.1, -0.05) is 20.8 Å². The van der Waals surface area contributed by atoms with Crippen molar-refractivity contribution >= 4 is 11.8 Å². The zero-order valence-corrected chi connectivity index (χ0v) is 12.8. The Morgan fingerprint density at radius 3 is 2.35 bits per heavy atom. The van der Waals surface area contributed by atoms with Gasteiger partial charge in [0.2, 0.25) is 11.8 Å². The molecule has 0 aliphatic heterocycles. The summed E-state index contributed by atoms with van der Waals surface area (Å²) in [7, 11) is 0. The maximum Gasteiger partial charge on any atom is 0.236 e. The minimum Gasteiger partial charge on any atom is -0.444 e. The molecule has 0 radical (unpaired) electrons. The van der Waals surface area contributed by atoms with Gasteiger partial charge < -0.3 is 10.2 Å². The zero-order valence-electron chi connectivity index (χ0n) is 12.8. The number of hydrogen-bond acceptors (Lipinski definition) is 5. The van der Waals surface area contributed by atoms with Gasteiger partial charge in [0.05, 0.1) is 12.1 Å². The van der Waals surface area contributed by atoms with E-state index < -0.39 is 0 Å². The normalized spacial score (nSPS) is 11.5. The van der Waals surface area contributed by atoms with Gasteiger partial charge in [0.1, 0.15) is 5.76 Å². The van der Waals surface area contributed by atoms with Crippen molar-refractivity contribution in [3.8, 4) is 0 Å². The van der Waals surface area contributed by atoms with Gasteiger partial charge in [-0.25, -0.2) is 4.98 Å².